The Labute approximate surface area is 157 Å². The van der Waals surface area contributed by atoms with Gasteiger partial charge in [0.1, 0.15) is 0 Å². The highest BCUT2D eigenvalue weighted by Gasteiger charge is 2.13. The average molecular weight is 471 g/mol. The van der Waals surface area contributed by atoms with Crippen molar-refractivity contribution >= 4 is 31.9 Å². The van der Waals surface area contributed by atoms with Crippen molar-refractivity contribution in [3.8, 4) is 0 Å². The lowest BCUT2D eigenvalue weighted by Gasteiger charge is -2.13. The second kappa shape index (κ2) is 11.3. The number of fused-ring (bicyclic) bond motifs is 2. The van der Waals surface area contributed by atoms with E-state index in [1.54, 1.807) is 0 Å². The molecule has 24 heavy (non-hydrogen) atoms. The molecule has 0 amide bonds. The van der Waals surface area contributed by atoms with Gasteiger partial charge in [-0.25, -0.2) is 0 Å². The summed E-state index contributed by atoms with van der Waals surface area (Å²) in [4.78, 5) is 15.4. The highest BCUT2D eigenvalue weighted by Crippen LogP contribution is 2.19. The summed E-state index contributed by atoms with van der Waals surface area (Å²) in [6.45, 7) is 4.41. The first-order chi connectivity index (χ1) is 11.7. The number of nitrogens with one attached hydrogen (secondary N) is 1. The Morgan fingerprint density at radius 1 is 0.625 bits per heavy atom. The van der Waals surface area contributed by atoms with Gasteiger partial charge in [0.15, 0.2) is 0 Å². The van der Waals surface area contributed by atoms with E-state index in [2.05, 4.69) is 36.8 Å². The van der Waals surface area contributed by atoms with Gasteiger partial charge in [0.2, 0.25) is 5.43 Å². The molecule has 1 aliphatic rings. The monoisotopic (exact) mass is 469 g/mol. The van der Waals surface area contributed by atoms with Gasteiger partial charge in [-0.1, -0.05) is 0 Å². The Bertz CT molecular complexity index is 522. The van der Waals surface area contributed by atoms with Gasteiger partial charge in [-0.05, 0) is 31.9 Å². The zero-order valence-corrected chi connectivity index (χ0v) is 16.4. The van der Waals surface area contributed by atoms with Crippen LogP contribution in [0.1, 0.15) is 11.4 Å². The van der Waals surface area contributed by atoms with Crippen molar-refractivity contribution in [2.75, 3.05) is 52.9 Å². The van der Waals surface area contributed by atoms with Crippen molar-refractivity contribution in [1.82, 2.24) is 4.98 Å². The van der Waals surface area contributed by atoms with E-state index < -0.39 is 0 Å². The molecule has 7 nitrogen and oxygen atoms in total. The van der Waals surface area contributed by atoms with Crippen LogP contribution >= 0.6 is 31.9 Å². The van der Waals surface area contributed by atoms with Crippen LogP contribution in [0.4, 0.5) is 0 Å². The van der Waals surface area contributed by atoms with Crippen LogP contribution < -0.4 is 5.43 Å². The Balaban J connectivity index is 2.01. The van der Waals surface area contributed by atoms with Crippen molar-refractivity contribution in [2.24, 2.45) is 0 Å². The molecule has 0 fully saturated rings. The fourth-order valence-corrected chi connectivity index (χ4v) is 3.08. The number of rotatable bonds is 0. The van der Waals surface area contributed by atoms with Gasteiger partial charge in [-0.3, -0.25) is 4.79 Å². The summed E-state index contributed by atoms with van der Waals surface area (Å²) in [5.41, 5.74) is 1.20. The number of halogens is 2. The van der Waals surface area contributed by atoms with Gasteiger partial charge < -0.3 is 28.7 Å². The minimum atomic E-state index is -0.134. The largest absolute Gasteiger partial charge is 0.377 e. The maximum absolute atomic E-state index is 12.2. The van der Waals surface area contributed by atoms with Crippen LogP contribution in [0.3, 0.4) is 0 Å². The number of hydrogen-bond acceptors (Lipinski definition) is 6. The molecule has 136 valence electrons. The van der Waals surface area contributed by atoms with Crippen LogP contribution in [-0.4, -0.2) is 57.8 Å². The summed E-state index contributed by atoms with van der Waals surface area (Å²) < 4.78 is 28.2. The lowest BCUT2D eigenvalue weighted by atomic mass is 10.3. The summed E-state index contributed by atoms with van der Waals surface area (Å²) >= 11 is 6.61. The van der Waals surface area contributed by atoms with Gasteiger partial charge in [0, 0.05) is 0 Å². The third kappa shape index (κ3) is 6.55. The third-order valence-electron chi connectivity index (χ3n) is 3.21. The highest BCUT2D eigenvalue weighted by molar-refractivity contribution is 9.11. The predicted octanol–water partition coefficient (Wildman–Crippen LogP) is 2.00. The van der Waals surface area contributed by atoms with Crippen molar-refractivity contribution in [3.05, 3.63) is 30.6 Å². The van der Waals surface area contributed by atoms with Crippen molar-refractivity contribution in [2.45, 2.75) is 13.2 Å². The standard InChI is InChI=1S/C15H21Br2NO6/c16-13-11-9-23-7-5-21-3-1-20-2-4-22-6-8-24-10-12(18-11)14(17)15(13)19/h1-10H2,(H,18,19). The third-order valence-corrected chi connectivity index (χ3v) is 4.89. The van der Waals surface area contributed by atoms with E-state index in [4.69, 9.17) is 23.7 Å². The van der Waals surface area contributed by atoms with Crippen LogP contribution in [-0.2, 0) is 36.9 Å². The maximum atomic E-state index is 12.2. The highest BCUT2D eigenvalue weighted by atomic mass is 79.9. The first kappa shape index (κ1) is 20.0. The molecule has 0 saturated heterocycles. The molecule has 0 aromatic carbocycles. The molecular weight excluding hydrogens is 450 g/mol. The molecule has 2 heterocycles. The minimum Gasteiger partial charge on any atom is -0.377 e. The summed E-state index contributed by atoms with van der Waals surface area (Å²) in [7, 11) is 0. The van der Waals surface area contributed by atoms with Crippen LogP contribution in [0.15, 0.2) is 13.7 Å². The van der Waals surface area contributed by atoms with E-state index in [-0.39, 0.29) is 18.6 Å². The SMILES string of the molecule is O=c1c(Br)c2[nH]c(c1Br)COCCOCCOCCOCCOC2. The molecule has 9 heteroatoms. The zero-order valence-electron chi connectivity index (χ0n) is 13.3. The van der Waals surface area contributed by atoms with Gasteiger partial charge in [0.25, 0.3) is 0 Å². The predicted molar refractivity (Wildman–Crippen MR) is 94.2 cm³/mol. The van der Waals surface area contributed by atoms with Gasteiger partial charge >= 0.3 is 0 Å². The minimum absolute atomic E-state index is 0.134. The Hall–Kier alpha value is -0.290. The summed E-state index contributed by atoms with van der Waals surface area (Å²) in [5.74, 6) is 0. The Morgan fingerprint density at radius 3 is 1.33 bits per heavy atom. The molecule has 1 aromatic heterocycles. The average Bonchev–Trinajstić information content (AvgIpc) is 2.58. The summed E-state index contributed by atoms with van der Waals surface area (Å²) in [6, 6.07) is 0. The van der Waals surface area contributed by atoms with E-state index in [1.165, 1.54) is 0 Å². The lowest BCUT2D eigenvalue weighted by molar-refractivity contribution is -0.0153. The maximum Gasteiger partial charge on any atom is 0.210 e. The molecule has 0 aliphatic carbocycles. The molecule has 2 rings (SSSR count). The number of aromatic nitrogens is 1. The van der Waals surface area contributed by atoms with E-state index in [0.29, 0.717) is 73.2 Å². The second-order valence-electron chi connectivity index (χ2n) is 4.98. The number of hydrogen-bond donors (Lipinski definition) is 1. The van der Waals surface area contributed by atoms with E-state index >= 15 is 0 Å². The number of H-pyrrole nitrogens is 1. The van der Waals surface area contributed by atoms with Crippen molar-refractivity contribution in [3.63, 3.8) is 0 Å². The quantitative estimate of drug-likeness (QED) is 0.624. The van der Waals surface area contributed by atoms with E-state index in [1.807, 2.05) is 0 Å². The molecule has 0 spiro atoms. The molecule has 0 unspecified atom stereocenters. The fraction of sp³-hybridized carbons (Fsp3) is 0.667. The summed E-state index contributed by atoms with van der Waals surface area (Å²) in [6.07, 6.45) is 0. The van der Waals surface area contributed by atoms with Crippen LogP contribution in [0.25, 0.3) is 0 Å². The Morgan fingerprint density at radius 2 is 0.958 bits per heavy atom. The smallest absolute Gasteiger partial charge is 0.210 e. The normalized spacial score (nSPS) is 19.4. The topological polar surface area (TPSA) is 79.0 Å². The van der Waals surface area contributed by atoms with Gasteiger partial charge in [0.05, 0.1) is 86.4 Å². The Kier molecular flexibility index (Phi) is 9.47. The van der Waals surface area contributed by atoms with Gasteiger partial charge in [-0.2, -0.15) is 0 Å². The van der Waals surface area contributed by atoms with Gasteiger partial charge in [-0.15, -0.1) is 0 Å². The van der Waals surface area contributed by atoms with Crippen LogP contribution in [0.5, 0.6) is 0 Å². The molecule has 1 aliphatic heterocycles. The van der Waals surface area contributed by atoms with Crippen LogP contribution in [0.2, 0.25) is 0 Å². The molecule has 1 N–H and O–H groups in total. The molecule has 2 bridgehead atoms. The van der Waals surface area contributed by atoms with E-state index in [9.17, 15) is 4.79 Å². The first-order valence-electron chi connectivity index (χ1n) is 7.68. The second-order valence-corrected chi connectivity index (χ2v) is 6.57. The number of pyridine rings is 1. The van der Waals surface area contributed by atoms with Crippen LogP contribution in [0, 0.1) is 0 Å². The lowest BCUT2D eigenvalue weighted by Crippen LogP contribution is -2.17. The van der Waals surface area contributed by atoms with E-state index in [0.717, 1.165) is 0 Å². The summed E-state index contributed by atoms with van der Waals surface area (Å²) in [5, 5.41) is 0. The molecule has 1 aromatic rings. The number of aromatic amines is 1. The molecule has 0 saturated carbocycles. The van der Waals surface area contributed by atoms with Crippen molar-refractivity contribution < 1.29 is 23.7 Å². The fourth-order valence-electron chi connectivity index (χ4n) is 1.99. The zero-order chi connectivity index (χ0) is 17.2. The van der Waals surface area contributed by atoms with Crippen molar-refractivity contribution in [1.29, 1.82) is 0 Å². The molecular formula is C15H21Br2NO6. The molecule has 0 radical (unpaired) electrons. The molecule has 0 atom stereocenters. The number of ether oxygens (including phenoxy) is 5. The first-order valence-corrected chi connectivity index (χ1v) is 9.26.